The van der Waals surface area contributed by atoms with E-state index in [9.17, 15) is 4.39 Å². The largest absolute Gasteiger partial charge is 0.309 e. The fraction of sp³-hybridized carbons (Fsp3) is 0.143. The number of nitrogens with one attached hydrogen (secondary N) is 1. The summed E-state index contributed by atoms with van der Waals surface area (Å²) in [6.45, 7) is 1.24. The summed E-state index contributed by atoms with van der Waals surface area (Å²) in [6, 6.07) is 12.8. The third kappa shape index (κ3) is 3.31. The normalized spacial score (nSPS) is 10.6. The minimum atomic E-state index is -0.378. The van der Waals surface area contributed by atoms with Gasteiger partial charge in [0.05, 0.1) is 5.02 Å². The van der Waals surface area contributed by atoms with Crippen molar-refractivity contribution in [3.63, 3.8) is 0 Å². The molecule has 0 saturated heterocycles. The first-order valence-electron chi connectivity index (χ1n) is 5.55. The van der Waals surface area contributed by atoms with Crippen LogP contribution >= 0.6 is 27.5 Å². The molecule has 0 aliphatic heterocycles. The Hall–Kier alpha value is -0.900. The molecule has 0 fully saturated rings. The average Bonchev–Trinajstić information content (AvgIpc) is 2.37. The Bertz CT molecular complexity index is 545. The Kier molecular flexibility index (Phi) is 4.75. The van der Waals surface area contributed by atoms with Crippen LogP contribution in [0.25, 0.3) is 0 Å². The zero-order chi connectivity index (χ0) is 13.0. The molecule has 18 heavy (non-hydrogen) atoms. The lowest BCUT2D eigenvalue weighted by Crippen LogP contribution is -2.13. The van der Waals surface area contributed by atoms with Crippen LogP contribution < -0.4 is 5.32 Å². The van der Waals surface area contributed by atoms with Gasteiger partial charge in [0.1, 0.15) is 5.82 Å². The topological polar surface area (TPSA) is 12.0 Å². The van der Waals surface area contributed by atoms with E-state index in [1.807, 2.05) is 30.3 Å². The van der Waals surface area contributed by atoms with E-state index in [4.69, 9.17) is 11.6 Å². The molecule has 0 bridgehead atoms. The van der Waals surface area contributed by atoms with Crippen molar-refractivity contribution in [1.29, 1.82) is 0 Å². The molecule has 0 saturated carbocycles. The molecule has 0 heterocycles. The van der Waals surface area contributed by atoms with Crippen molar-refractivity contribution in [1.82, 2.24) is 5.32 Å². The highest BCUT2D eigenvalue weighted by molar-refractivity contribution is 9.10. The molecule has 2 aromatic carbocycles. The van der Waals surface area contributed by atoms with Crippen LogP contribution in [-0.4, -0.2) is 0 Å². The van der Waals surface area contributed by atoms with Gasteiger partial charge >= 0.3 is 0 Å². The number of rotatable bonds is 4. The Balaban J connectivity index is 1.97. The van der Waals surface area contributed by atoms with Gasteiger partial charge in [-0.15, -0.1) is 0 Å². The van der Waals surface area contributed by atoms with Gasteiger partial charge in [0.15, 0.2) is 0 Å². The third-order valence-corrected chi connectivity index (χ3v) is 3.82. The first-order valence-corrected chi connectivity index (χ1v) is 6.72. The third-order valence-electron chi connectivity index (χ3n) is 2.62. The van der Waals surface area contributed by atoms with Crippen LogP contribution in [0.5, 0.6) is 0 Å². The number of halogens is 3. The monoisotopic (exact) mass is 327 g/mol. The molecule has 0 radical (unpaired) electrons. The molecule has 94 valence electrons. The van der Waals surface area contributed by atoms with Gasteiger partial charge in [0.2, 0.25) is 0 Å². The first-order chi connectivity index (χ1) is 8.68. The molecule has 1 nitrogen and oxygen atoms in total. The zero-order valence-corrected chi connectivity index (χ0v) is 11.9. The van der Waals surface area contributed by atoms with Crippen molar-refractivity contribution in [3.05, 3.63) is 68.9 Å². The second kappa shape index (κ2) is 6.32. The van der Waals surface area contributed by atoms with E-state index in [1.54, 1.807) is 6.07 Å². The summed E-state index contributed by atoms with van der Waals surface area (Å²) >= 11 is 9.36. The molecule has 0 aliphatic rings. The van der Waals surface area contributed by atoms with Crippen molar-refractivity contribution < 1.29 is 4.39 Å². The Labute approximate surface area is 119 Å². The summed E-state index contributed by atoms with van der Waals surface area (Å²) in [5.41, 5.74) is 1.92. The van der Waals surface area contributed by atoms with Crippen molar-refractivity contribution in [3.8, 4) is 0 Å². The van der Waals surface area contributed by atoms with Gasteiger partial charge in [0.25, 0.3) is 0 Å². The van der Waals surface area contributed by atoms with Crippen molar-refractivity contribution in [2.24, 2.45) is 0 Å². The van der Waals surface area contributed by atoms with E-state index in [0.717, 1.165) is 15.6 Å². The van der Waals surface area contributed by atoms with Crippen molar-refractivity contribution in [2.75, 3.05) is 0 Å². The van der Waals surface area contributed by atoms with Crippen molar-refractivity contribution in [2.45, 2.75) is 13.1 Å². The molecule has 1 N–H and O–H groups in total. The second-order valence-electron chi connectivity index (χ2n) is 3.91. The van der Waals surface area contributed by atoms with Gasteiger partial charge in [-0.3, -0.25) is 0 Å². The molecule has 0 spiro atoms. The van der Waals surface area contributed by atoms with E-state index in [1.165, 1.54) is 6.07 Å². The lowest BCUT2D eigenvalue weighted by atomic mass is 10.2. The van der Waals surface area contributed by atoms with E-state index >= 15 is 0 Å². The lowest BCUT2D eigenvalue weighted by molar-refractivity contribution is 0.620. The minimum absolute atomic E-state index is 0.192. The van der Waals surface area contributed by atoms with Crippen LogP contribution in [0.4, 0.5) is 4.39 Å². The molecular formula is C14H12BrClFN. The van der Waals surface area contributed by atoms with Crippen LogP contribution in [0.3, 0.4) is 0 Å². The first kappa shape index (κ1) is 13.5. The van der Waals surface area contributed by atoms with Crippen LogP contribution in [-0.2, 0) is 13.1 Å². The van der Waals surface area contributed by atoms with Gasteiger partial charge in [0, 0.05) is 17.6 Å². The second-order valence-corrected chi connectivity index (χ2v) is 5.14. The molecule has 2 aromatic rings. The number of hydrogen-bond acceptors (Lipinski definition) is 1. The fourth-order valence-corrected chi connectivity index (χ4v) is 2.28. The molecule has 0 aliphatic carbocycles. The van der Waals surface area contributed by atoms with Crippen LogP contribution in [0.1, 0.15) is 11.1 Å². The Morgan fingerprint density at radius 1 is 1.00 bits per heavy atom. The van der Waals surface area contributed by atoms with Crippen molar-refractivity contribution >= 4 is 27.5 Å². The van der Waals surface area contributed by atoms with E-state index in [2.05, 4.69) is 21.2 Å². The van der Waals surface area contributed by atoms with Gasteiger partial charge in [-0.1, -0.05) is 57.9 Å². The van der Waals surface area contributed by atoms with Gasteiger partial charge in [-0.05, 0) is 23.3 Å². The summed E-state index contributed by atoms with van der Waals surface area (Å²) in [6.07, 6.45) is 0. The smallest absolute Gasteiger partial charge is 0.142 e. The summed E-state index contributed by atoms with van der Waals surface area (Å²) in [7, 11) is 0. The predicted octanol–water partition coefficient (Wildman–Crippen LogP) is 4.53. The Morgan fingerprint density at radius 2 is 1.67 bits per heavy atom. The standard InChI is InChI=1S/C14H12BrClFN/c15-12-6-2-1-4-10(12)8-18-9-11-5-3-7-13(17)14(11)16/h1-7,18H,8-9H2. The molecule has 0 atom stereocenters. The van der Waals surface area contributed by atoms with Gasteiger partial charge in [-0.2, -0.15) is 0 Å². The maximum Gasteiger partial charge on any atom is 0.142 e. The highest BCUT2D eigenvalue weighted by Crippen LogP contribution is 2.20. The molecule has 4 heteroatoms. The molecular weight excluding hydrogens is 317 g/mol. The molecule has 0 aromatic heterocycles. The fourth-order valence-electron chi connectivity index (χ4n) is 1.66. The lowest BCUT2D eigenvalue weighted by Gasteiger charge is -2.08. The number of benzene rings is 2. The maximum atomic E-state index is 13.2. The molecule has 0 amide bonds. The van der Waals surface area contributed by atoms with Gasteiger partial charge in [-0.25, -0.2) is 4.39 Å². The summed E-state index contributed by atoms with van der Waals surface area (Å²) in [5.74, 6) is -0.378. The Morgan fingerprint density at radius 3 is 2.44 bits per heavy atom. The molecule has 2 rings (SSSR count). The summed E-state index contributed by atoms with van der Waals surface area (Å²) < 4.78 is 14.3. The predicted molar refractivity (Wildman–Crippen MR) is 76.1 cm³/mol. The zero-order valence-electron chi connectivity index (χ0n) is 9.59. The number of hydrogen-bond donors (Lipinski definition) is 1. The SMILES string of the molecule is Fc1cccc(CNCc2ccccc2Br)c1Cl. The van der Waals surface area contributed by atoms with E-state index in [0.29, 0.717) is 13.1 Å². The molecule has 0 unspecified atom stereocenters. The summed E-state index contributed by atoms with van der Waals surface area (Å²) in [4.78, 5) is 0. The van der Waals surface area contributed by atoms with Crippen LogP contribution in [0, 0.1) is 5.82 Å². The van der Waals surface area contributed by atoms with Gasteiger partial charge < -0.3 is 5.32 Å². The van der Waals surface area contributed by atoms with Crippen LogP contribution in [0.15, 0.2) is 46.9 Å². The average molecular weight is 329 g/mol. The minimum Gasteiger partial charge on any atom is -0.309 e. The summed E-state index contributed by atoms with van der Waals surface area (Å²) in [5, 5.41) is 3.44. The highest BCUT2D eigenvalue weighted by atomic mass is 79.9. The van der Waals surface area contributed by atoms with E-state index < -0.39 is 0 Å². The van der Waals surface area contributed by atoms with Crippen LogP contribution in [0.2, 0.25) is 5.02 Å². The van der Waals surface area contributed by atoms with E-state index in [-0.39, 0.29) is 10.8 Å². The highest BCUT2D eigenvalue weighted by Gasteiger charge is 2.05. The maximum absolute atomic E-state index is 13.2. The quantitative estimate of drug-likeness (QED) is 0.869.